The van der Waals surface area contributed by atoms with Gasteiger partial charge < -0.3 is 9.80 Å². The molecule has 3 nitrogen and oxygen atoms in total. The van der Waals surface area contributed by atoms with Crippen molar-refractivity contribution in [1.82, 2.24) is 9.80 Å². The first-order valence-corrected chi connectivity index (χ1v) is 5.18. The standard InChI is InChI=1S/C12H17N3/c1-14(2)12-13-8-10-6-4-5-7-11(10)9-15(12)3/h4-7H,8-9H2,1-3H3. The van der Waals surface area contributed by atoms with Crippen LogP contribution in [0.1, 0.15) is 11.1 Å². The van der Waals surface area contributed by atoms with Crippen molar-refractivity contribution in [3.8, 4) is 0 Å². The fourth-order valence-corrected chi connectivity index (χ4v) is 1.95. The van der Waals surface area contributed by atoms with E-state index in [1.54, 1.807) is 0 Å². The Hall–Kier alpha value is -1.51. The van der Waals surface area contributed by atoms with E-state index in [4.69, 9.17) is 0 Å². The van der Waals surface area contributed by atoms with E-state index in [2.05, 4.69) is 46.1 Å². The van der Waals surface area contributed by atoms with E-state index in [9.17, 15) is 0 Å². The predicted octanol–water partition coefficient (Wildman–Crippen LogP) is 1.55. The highest BCUT2D eigenvalue weighted by Gasteiger charge is 2.14. The molecule has 0 saturated heterocycles. The summed E-state index contributed by atoms with van der Waals surface area (Å²) < 4.78 is 0. The van der Waals surface area contributed by atoms with Crippen molar-refractivity contribution in [3.05, 3.63) is 35.4 Å². The summed E-state index contributed by atoms with van der Waals surface area (Å²) in [5.41, 5.74) is 2.71. The summed E-state index contributed by atoms with van der Waals surface area (Å²) in [5, 5.41) is 0. The smallest absolute Gasteiger partial charge is 0.196 e. The summed E-state index contributed by atoms with van der Waals surface area (Å²) in [5.74, 6) is 1.05. The van der Waals surface area contributed by atoms with E-state index in [1.165, 1.54) is 11.1 Å². The van der Waals surface area contributed by atoms with Crippen molar-refractivity contribution in [2.45, 2.75) is 13.1 Å². The summed E-state index contributed by atoms with van der Waals surface area (Å²) in [6.45, 7) is 1.72. The van der Waals surface area contributed by atoms with E-state index in [0.717, 1.165) is 19.0 Å². The molecule has 0 radical (unpaired) electrons. The molecule has 1 aliphatic heterocycles. The molecular formula is C12H17N3. The van der Waals surface area contributed by atoms with Gasteiger partial charge in [-0.05, 0) is 11.1 Å². The first-order chi connectivity index (χ1) is 7.18. The molecule has 0 aromatic heterocycles. The Morgan fingerprint density at radius 2 is 1.87 bits per heavy atom. The summed E-state index contributed by atoms with van der Waals surface area (Å²) in [4.78, 5) is 8.86. The van der Waals surface area contributed by atoms with Crippen LogP contribution in [0.25, 0.3) is 0 Å². The molecule has 0 saturated carbocycles. The van der Waals surface area contributed by atoms with E-state index in [-0.39, 0.29) is 0 Å². The summed E-state index contributed by atoms with van der Waals surface area (Å²) in [6.07, 6.45) is 0. The van der Waals surface area contributed by atoms with Crippen LogP contribution in [0.5, 0.6) is 0 Å². The van der Waals surface area contributed by atoms with Crippen LogP contribution >= 0.6 is 0 Å². The normalized spacial score (nSPS) is 15.4. The third kappa shape index (κ3) is 1.96. The Morgan fingerprint density at radius 1 is 1.20 bits per heavy atom. The molecule has 1 aromatic carbocycles. The van der Waals surface area contributed by atoms with Crippen LogP contribution in [0.15, 0.2) is 29.3 Å². The van der Waals surface area contributed by atoms with Gasteiger partial charge in [-0.3, -0.25) is 0 Å². The van der Waals surface area contributed by atoms with Gasteiger partial charge in [0.05, 0.1) is 6.54 Å². The molecule has 0 atom stereocenters. The molecule has 3 heteroatoms. The van der Waals surface area contributed by atoms with Crippen molar-refractivity contribution in [3.63, 3.8) is 0 Å². The molecule has 1 aliphatic rings. The Bertz CT molecular complexity index is 382. The minimum Gasteiger partial charge on any atom is -0.349 e. The number of guanidine groups is 1. The maximum Gasteiger partial charge on any atom is 0.196 e. The van der Waals surface area contributed by atoms with Crippen LogP contribution in [0.3, 0.4) is 0 Å². The van der Waals surface area contributed by atoms with Gasteiger partial charge in [-0.2, -0.15) is 0 Å². The Labute approximate surface area is 91.0 Å². The van der Waals surface area contributed by atoms with E-state index >= 15 is 0 Å². The molecule has 0 spiro atoms. The quantitative estimate of drug-likeness (QED) is 0.637. The summed E-state index contributed by atoms with van der Waals surface area (Å²) in [7, 11) is 6.15. The molecular weight excluding hydrogens is 186 g/mol. The van der Waals surface area contributed by atoms with Crippen LogP contribution in [0, 0.1) is 0 Å². The van der Waals surface area contributed by atoms with Gasteiger partial charge in [-0.15, -0.1) is 0 Å². The van der Waals surface area contributed by atoms with Gasteiger partial charge in [-0.1, -0.05) is 24.3 Å². The zero-order chi connectivity index (χ0) is 10.8. The molecule has 0 N–H and O–H groups in total. The molecule has 15 heavy (non-hydrogen) atoms. The van der Waals surface area contributed by atoms with Gasteiger partial charge in [-0.25, -0.2) is 4.99 Å². The first kappa shape index (κ1) is 10.0. The highest BCUT2D eigenvalue weighted by Crippen LogP contribution is 2.16. The summed E-state index contributed by atoms with van der Waals surface area (Å²) >= 11 is 0. The number of fused-ring (bicyclic) bond motifs is 1. The topological polar surface area (TPSA) is 18.8 Å². The van der Waals surface area contributed by atoms with Crippen molar-refractivity contribution in [1.29, 1.82) is 0 Å². The molecule has 0 amide bonds. The minimum atomic E-state index is 0.786. The highest BCUT2D eigenvalue weighted by molar-refractivity contribution is 5.79. The van der Waals surface area contributed by atoms with E-state index in [1.807, 2.05) is 14.1 Å². The number of nitrogens with zero attached hydrogens (tertiary/aromatic N) is 3. The third-order valence-electron chi connectivity index (χ3n) is 2.66. The lowest BCUT2D eigenvalue weighted by Crippen LogP contribution is -2.36. The van der Waals surface area contributed by atoms with Crippen LogP contribution in [-0.2, 0) is 13.1 Å². The van der Waals surface area contributed by atoms with Gasteiger partial charge in [0.1, 0.15) is 0 Å². The van der Waals surface area contributed by atoms with Gasteiger partial charge in [0.2, 0.25) is 0 Å². The molecule has 0 aliphatic carbocycles. The monoisotopic (exact) mass is 203 g/mol. The number of rotatable bonds is 0. The molecule has 0 fully saturated rings. The van der Waals surface area contributed by atoms with E-state index in [0.29, 0.717) is 0 Å². The number of aliphatic imine (C=N–C) groups is 1. The second-order valence-electron chi connectivity index (χ2n) is 4.14. The number of hydrogen-bond acceptors (Lipinski definition) is 3. The fourth-order valence-electron chi connectivity index (χ4n) is 1.95. The Morgan fingerprint density at radius 3 is 2.53 bits per heavy atom. The van der Waals surface area contributed by atoms with Crippen molar-refractivity contribution in [2.24, 2.45) is 4.99 Å². The van der Waals surface area contributed by atoms with Gasteiger partial charge in [0.25, 0.3) is 0 Å². The number of hydrogen-bond donors (Lipinski definition) is 0. The summed E-state index contributed by atoms with van der Waals surface area (Å²) in [6, 6.07) is 8.51. The Balaban J connectivity index is 2.32. The zero-order valence-corrected chi connectivity index (χ0v) is 9.57. The van der Waals surface area contributed by atoms with E-state index < -0.39 is 0 Å². The van der Waals surface area contributed by atoms with Crippen molar-refractivity contribution >= 4 is 5.96 Å². The SMILES string of the molecule is CN(C)C1=NCc2ccccc2CN1C. The molecule has 80 valence electrons. The fraction of sp³-hybridized carbons (Fsp3) is 0.417. The van der Waals surface area contributed by atoms with Crippen molar-refractivity contribution in [2.75, 3.05) is 21.1 Å². The lowest BCUT2D eigenvalue weighted by atomic mass is 10.1. The molecule has 0 bridgehead atoms. The predicted molar refractivity (Wildman–Crippen MR) is 62.7 cm³/mol. The van der Waals surface area contributed by atoms with Crippen molar-refractivity contribution < 1.29 is 0 Å². The largest absolute Gasteiger partial charge is 0.349 e. The lowest BCUT2D eigenvalue weighted by Gasteiger charge is -2.25. The van der Waals surface area contributed by atoms with Gasteiger partial charge in [0, 0.05) is 27.7 Å². The van der Waals surface area contributed by atoms with Gasteiger partial charge in [0.15, 0.2) is 5.96 Å². The highest BCUT2D eigenvalue weighted by atomic mass is 15.3. The third-order valence-corrected chi connectivity index (χ3v) is 2.66. The molecule has 1 heterocycles. The van der Waals surface area contributed by atoms with Crippen LogP contribution in [0.2, 0.25) is 0 Å². The van der Waals surface area contributed by atoms with Gasteiger partial charge >= 0.3 is 0 Å². The minimum absolute atomic E-state index is 0.786. The average Bonchev–Trinajstić information content (AvgIpc) is 2.35. The molecule has 2 rings (SSSR count). The molecule has 0 unspecified atom stereocenters. The van der Waals surface area contributed by atoms with Crippen LogP contribution in [0.4, 0.5) is 0 Å². The maximum atomic E-state index is 4.61. The second-order valence-corrected chi connectivity index (χ2v) is 4.14. The first-order valence-electron chi connectivity index (χ1n) is 5.18. The Kier molecular flexibility index (Phi) is 2.62. The number of benzene rings is 1. The average molecular weight is 203 g/mol. The zero-order valence-electron chi connectivity index (χ0n) is 9.57. The second kappa shape index (κ2) is 3.93. The maximum absolute atomic E-state index is 4.61. The van der Waals surface area contributed by atoms with Crippen LogP contribution < -0.4 is 0 Å². The van der Waals surface area contributed by atoms with Crippen LogP contribution in [-0.4, -0.2) is 36.9 Å². The lowest BCUT2D eigenvalue weighted by molar-refractivity contribution is 0.421. The molecule has 1 aromatic rings.